The van der Waals surface area contributed by atoms with Crippen LogP contribution < -0.4 is 10.5 Å². The molecule has 1 aliphatic rings. The van der Waals surface area contributed by atoms with E-state index in [1.165, 1.54) is 6.26 Å². The number of amides is 1. The van der Waals surface area contributed by atoms with Gasteiger partial charge in [0.1, 0.15) is 5.75 Å². The van der Waals surface area contributed by atoms with E-state index in [9.17, 15) is 13.2 Å². The summed E-state index contributed by atoms with van der Waals surface area (Å²) in [7, 11) is -3.17. The molecular formula is C15H22N2O4S. The van der Waals surface area contributed by atoms with Crippen LogP contribution in [-0.2, 0) is 14.6 Å². The molecule has 1 aliphatic heterocycles. The van der Waals surface area contributed by atoms with E-state index in [1.807, 2.05) is 0 Å². The quantitative estimate of drug-likeness (QED) is 0.744. The SMILES string of the molecule is CS(=O)(=O)c1ccc(OCCCN2CC[C@H](C(N)=O)C2)cc1. The molecule has 0 saturated carbocycles. The summed E-state index contributed by atoms with van der Waals surface area (Å²) in [5.41, 5.74) is 5.30. The molecule has 1 atom stereocenters. The third kappa shape index (κ3) is 4.71. The molecule has 0 aliphatic carbocycles. The van der Waals surface area contributed by atoms with Crippen LogP contribution in [0.5, 0.6) is 5.75 Å². The van der Waals surface area contributed by atoms with Crippen molar-refractivity contribution in [3.63, 3.8) is 0 Å². The number of ether oxygens (including phenoxy) is 1. The van der Waals surface area contributed by atoms with Crippen LogP contribution in [0.15, 0.2) is 29.2 Å². The lowest BCUT2D eigenvalue weighted by atomic mass is 10.1. The van der Waals surface area contributed by atoms with Crippen LogP contribution in [0.3, 0.4) is 0 Å². The van der Waals surface area contributed by atoms with Crippen LogP contribution in [0.25, 0.3) is 0 Å². The molecule has 0 spiro atoms. The molecule has 0 bridgehead atoms. The fourth-order valence-electron chi connectivity index (χ4n) is 2.53. The molecule has 1 aromatic rings. The lowest BCUT2D eigenvalue weighted by molar-refractivity contribution is -0.121. The number of hydrogen-bond acceptors (Lipinski definition) is 5. The zero-order chi connectivity index (χ0) is 16.2. The van der Waals surface area contributed by atoms with Crippen LogP contribution >= 0.6 is 0 Å². The van der Waals surface area contributed by atoms with E-state index in [0.717, 1.165) is 32.5 Å². The van der Waals surface area contributed by atoms with E-state index in [1.54, 1.807) is 24.3 Å². The minimum absolute atomic E-state index is 0.0237. The van der Waals surface area contributed by atoms with Crippen LogP contribution in [0.4, 0.5) is 0 Å². The summed E-state index contributed by atoms with van der Waals surface area (Å²) < 4.78 is 28.3. The number of nitrogens with zero attached hydrogens (tertiary/aromatic N) is 1. The van der Waals surface area contributed by atoms with Crippen molar-refractivity contribution < 1.29 is 17.9 Å². The number of likely N-dealkylation sites (tertiary alicyclic amines) is 1. The van der Waals surface area contributed by atoms with Crippen molar-refractivity contribution in [2.45, 2.75) is 17.7 Å². The molecule has 0 aromatic heterocycles. The van der Waals surface area contributed by atoms with E-state index >= 15 is 0 Å². The number of primary amides is 1. The maximum atomic E-state index is 11.3. The molecule has 1 aromatic carbocycles. The second kappa shape index (κ2) is 7.11. The second-order valence-corrected chi connectivity index (χ2v) is 7.65. The number of benzene rings is 1. The highest BCUT2D eigenvalue weighted by atomic mass is 32.2. The maximum absolute atomic E-state index is 11.3. The molecule has 7 heteroatoms. The van der Waals surface area contributed by atoms with Gasteiger partial charge >= 0.3 is 0 Å². The Morgan fingerprint density at radius 1 is 1.36 bits per heavy atom. The number of sulfone groups is 1. The van der Waals surface area contributed by atoms with Crippen LogP contribution in [0.1, 0.15) is 12.8 Å². The Morgan fingerprint density at radius 2 is 2.05 bits per heavy atom. The van der Waals surface area contributed by atoms with Gasteiger partial charge in [-0.3, -0.25) is 4.79 Å². The standard InChI is InChI=1S/C15H22N2O4S/c1-22(19,20)14-5-3-13(4-6-14)21-10-2-8-17-9-7-12(11-17)15(16)18/h3-6,12H,2,7-11H2,1H3,(H2,16,18)/t12-/m0/s1. The lowest BCUT2D eigenvalue weighted by Gasteiger charge is -2.15. The van der Waals surface area contributed by atoms with Crippen molar-refractivity contribution in [2.75, 3.05) is 32.5 Å². The van der Waals surface area contributed by atoms with Crippen LogP contribution in [-0.4, -0.2) is 51.7 Å². The Morgan fingerprint density at radius 3 is 2.59 bits per heavy atom. The molecule has 0 unspecified atom stereocenters. The maximum Gasteiger partial charge on any atom is 0.221 e. The van der Waals surface area contributed by atoms with Gasteiger partial charge in [0.05, 0.1) is 17.4 Å². The van der Waals surface area contributed by atoms with Gasteiger partial charge in [-0.05, 0) is 43.7 Å². The molecule has 1 amide bonds. The van der Waals surface area contributed by atoms with Crippen LogP contribution in [0, 0.1) is 5.92 Å². The van der Waals surface area contributed by atoms with E-state index < -0.39 is 9.84 Å². The first kappa shape index (κ1) is 16.8. The second-order valence-electron chi connectivity index (χ2n) is 5.63. The van der Waals surface area contributed by atoms with Gasteiger partial charge in [0.2, 0.25) is 5.91 Å². The molecule has 2 rings (SSSR count). The van der Waals surface area contributed by atoms with E-state index in [2.05, 4.69) is 4.90 Å². The van der Waals surface area contributed by atoms with Gasteiger partial charge in [0, 0.05) is 19.3 Å². The largest absolute Gasteiger partial charge is 0.494 e. The number of carbonyl (C=O) groups is 1. The van der Waals surface area contributed by atoms with Crippen LogP contribution in [0.2, 0.25) is 0 Å². The average Bonchev–Trinajstić information content (AvgIpc) is 2.92. The Labute approximate surface area is 131 Å². The van der Waals surface area contributed by atoms with E-state index in [4.69, 9.17) is 10.5 Å². The summed E-state index contributed by atoms with van der Waals surface area (Å²) in [6, 6.07) is 6.41. The van der Waals surface area contributed by atoms with Crippen molar-refractivity contribution in [3.8, 4) is 5.75 Å². The monoisotopic (exact) mass is 326 g/mol. The summed E-state index contributed by atoms with van der Waals surface area (Å²) in [5.74, 6) is 0.415. The van der Waals surface area contributed by atoms with Gasteiger partial charge in [-0.1, -0.05) is 0 Å². The molecule has 122 valence electrons. The molecule has 1 heterocycles. The van der Waals surface area contributed by atoms with Gasteiger partial charge in [-0.2, -0.15) is 0 Å². The molecule has 6 nitrogen and oxygen atoms in total. The normalized spacial score (nSPS) is 19.2. The Kier molecular flexibility index (Phi) is 5.42. The average molecular weight is 326 g/mol. The minimum Gasteiger partial charge on any atom is -0.494 e. The fourth-order valence-corrected chi connectivity index (χ4v) is 3.16. The summed E-state index contributed by atoms with van der Waals surface area (Å²) in [6.45, 7) is 3.05. The van der Waals surface area contributed by atoms with Gasteiger partial charge < -0.3 is 15.4 Å². The Hall–Kier alpha value is -1.60. The number of carbonyl (C=O) groups excluding carboxylic acids is 1. The smallest absolute Gasteiger partial charge is 0.221 e. The third-order valence-electron chi connectivity index (χ3n) is 3.81. The molecule has 22 heavy (non-hydrogen) atoms. The van der Waals surface area contributed by atoms with Gasteiger partial charge in [0.15, 0.2) is 9.84 Å². The predicted molar refractivity (Wildman–Crippen MR) is 83.4 cm³/mol. The van der Waals surface area contributed by atoms with Crippen molar-refractivity contribution in [3.05, 3.63) is 24.3 Å². The summed E-state index contributed by atoms with van der Waals surface area (Å²) >= 11 is 0. The third-order valence-corrected chi connectivity index (χ3v) is 4.94. The molecule has 1 fully saturated rings. The topological polar surface area (TPSA) is 89.7 Å². The van der Waals surface area contributed by atoms with Crippen molar-refractivity contribution in [1.29, 1.82) is 0 Å². The highest BCUT2D eigenvalue weighted by molar-refractivity contribution is 7.90. The lowest BCUT2D eigenvalue weighted by Crippen LogP contribution is -2.28. The zero-order valence-corrected chi connectivity index (χ0v) is 13.5. The zero-order valence-electron chi connectivity index (χ0n) is 12.7. The summed E-state index contributed by atoms with van der Waals surface area (Å²) in [4.78, 5) is 13.6. The molecule has 2 N–H and O–H groups in total. The highest BCUT2D eigenvalue weighted by Gasteiger charge is 2.25. The summed E-state index contributed by atoms with van der Waals surface area (Å²) in [6.07, 6.45) is 2.86. The Bertz CT molecular complexity index is 613. The number of rotatable bonds is 7. The first-order chi connectivity index (χ1) is 10.4. The van der Waals surface area contributed by atoms with E-state index in [-0.39, 0.29) is 16.7 Å². The number of hydrogen-bond donors (Lipinski definition) is 1. The highest BCUT2D eigenvalue weighted by Crippen LogP contribution is 2.17. The predicted octanol–water partition coefficient (Wildman–Crippen LogP) is 0.666. The van der Waals surface area contributed by atoms with Gasteiger partial charge in [0.25, 0.3) is 0 Å². The Balaban J connectivity index is 1.70. The fraction of sp³-hybridized carbons (Fsp3) is 0.533. The van der Waals surface area contributed by atoms with Crippen molar-refractivity contribution in [2.24, 2.45) is 11.7 Å². The van der Waals surface area contributed by atoms with Gasteiger partial charge in [-0.15, -0.1) is 0 Å². The number of nitrogens with two attached hydrogens (primary N) is 1. The van der Waals surface area contributed by atoms with E-state index in [0.29, 0.717) is 12.4 Å². The molecule has 1 saturated heterocycles. The molecule has 0 radical (unpaired) electrons. The first-order valence-electron chi connectivity index (χ1n) is 7.31. The summed E-state index contributed by atoms with van der Waals surface area (Å²) in [5, 5.41) is 0. The van der Waals surface area contributed by atoms with Crippen molar-refractivity contribution in [1.82, 2.24) is 4.90 Å². The van der Waals surface area contributed by atoms with Gasteiger partial charge in [-0.25, -0.2) is 8.42 Å². The van der Waals surface area contributed by atoms with Crippen molar-refractivity contribution >= 4 is 15.7 Å². The first-order valence-corrected chi connectivity index (χ1v) is 9.20. The molecular weight excluding hydrogens is 304 g/mol. The minimum atomic E-state index is -3.17.